The molecule has 5 aromatic heterocycles. The summed E-state index contributed by atoms with van der Waals surface area (Å²) >= 11 is 3.54. The maximum absolute atomic E-state index is 9.01. The van der Waals surface area contributed by atoms with Gasteiger partial charge in [0.25, 0.3) is 0 Å². The van der Waals surface area contributed by atoms with E-state index in [1.165, 1.54) is 20.4 Å². The molecule has 5 heterocycles. The minimum Gasteiger partial charge on any atom is -0.339 e. The number of hydrogen-bond donors (Lipinski definition) is 0. The SMILES string of the molecule is CCCn1c2cc(-c3ccc(/C=C(/C)C#N)cn3)sc2c2sc(-c3ccc(/C=C(/C)C#N)cn3)cc21. The summed E-state index contributed by atoms with van der Waals surface area (Å²) in [6.45, 7) is 6.74. The molecule has 36 heavy (non-hydrogen) atoms. The fourth-order valence-corrected chi connectivity index (χ4v) is 6.60. The van der Waals surface area contributed by atoms with Crippen LogP contribution in [0, 0.1) is 22.7 Å². The first-order chi connectivity index (χ1) is 17.5. The van der Waals surface area contributed by atoms with Gasteiger partial charge in [0.15, 0.2) is 0 Å². The molecular formula is C29H23N5S2. The molecule has 0 saturated heterocycles. The minimum atomic E-state index is 0.661. The quantitative estimate of drug-likeness (QED) is 0.217. The molecule has 0 radical (unpaired) electrons. The second-order valence-electron chi connectivity index (χ2n) is 8.63. The van der Waals surface area contributed by atoms with Crippen LogP contribution in [-0.4, -0.2) is 14.5 Å². The Hall–Kier alpha value is -4.04. The number of aryl methyl sites for hydroxylation is 1. The van der Waals surface area contributed by atoms with Gasteiger partial charge in [0.2, 0.25) is 0 Å². The van der Waals surface area contributed by atoms with E-state index in [2.05, 4.69) is 45.7 Å². The van der Waals surface area contributed by atoms with Crippen molar-refractivity contribution in [2.75, 3.05) is 0 Å². The van der Waals surface area contributed by atoms with Gasteiger partial charge in [-0.15, -0.1) is 22.7 Å². The maximum Gasteiger partial charge on any atom is 0.0944 e. The van der Waals surface area contributed by atoms with Crippen LogP contribution in [0.15, 0.2) is 59.9 Å². The largest absolute Gasteiger partial charge is 0.339 e. The molecule has 0 unspecified atom stereocenters. The lowest BCUT2D eigenvalue weighted by atomic mass is 10.2. The molecule has 0 fully saturated rings. The molecule has 0 atom stereocenters. The lowest BCUT2D eigenvalue weighted by molar-refractivity contribution is 0.724. The van der Waals surface area contributed by atoms with Crippen LogP contribution in [0.1, 0.15) is 38.3 Å². The van der Waals surface area contributed by atoms with Crippen molar-refractivity contribution < 1.29 is 0 Å². The third-order valence-electron chi connectivity index (χ3n) is 5.86. The monoisotopic (exact) mass is 505 g/mol. The van der Waals surface area contributed by atoms with E-state index in [4.69, 9.17) is 10.5 Å². The van der Waals surface area contributed by atoms with Crippen molar-refractivity contribution in [3.8, 4) is 33.3 Å². The predicted molar refractivity (Wildman–Crippen MR) is 150 cm³/mol. The minimum absolute atomic E-state index is 0.661. The number of fused-ring (bicyclic) bond motifs is 3. The molecule has 7 heteroatoms. The van der Waals surface area contributed by atoms with E-state index in [0.29, 0.717) is 11.1 Å². The average Bonchev–Trinajstić information content (AvgIpc) is 3.58. The predicted octanol–water partition coefficient (Wildman–Crippen LogP) is 8.31. The zero-order chi connectivity index (χ0) is 25.2. The number of allylic oxidation sites excluding steroid dienone is 2. The van der Waals surface area contributed by atoms with E-state index in [9.17, 15) is 0 Å². The normalized spacial score (nSPS) is 12.2. The highest BCUT2D eigenvalue weighted by molar-refractivity contribution is 7.30. The zero-order valence-corrected chi connectivity index (χ0v) is 21.9. The Morgan fingerprint density at radius 1 is 0.833 bits per heavy atom. The van der Waals surface area contributed by atoms with E-state index in [0.717, 1.165) is 45.2 Å². The van der Waals surface area contributed by atoms with Crippen LogP contribution >= 0.6 is 22.7 Å². The highest BCUT2D eigenvalue weighted by atomic mass is 32.1. The van der Waals surface area contributed by atoms with Gasteiger partial charge in [-0.3, -0.25) is 9.97 Å². The van der Waals surface area contributed by atoms with Gasteiger partial charge in [-0.05, 0) is 67.8 Å². The molecule has 0 aliphatic heterocycles. The van der Waals surface area contributed by atoms with Crippen LogP contribution in [0.4, 0.5) is 0 Å². The van der Waals surface area contributed by atoms with Gasteiger partial charge in [0.1, 0.15) is 0 Å². The Kier molecular flexibility index (Phi) is 6.52. The molecule has 0 N–H and O–H groups in total. The molecule has 5 rings (SSSR count). The van der Waals surface area contributed by atoms with Crippen LogP contribution in [0.3, 0.4) is 0 Å². The first-order valence-electron chi connectivity index (χ1n) is 11.7. The lowest BCUT2D eigenvalue weighted by Crippen LogP contribution is -1.94. The first kappa shape index (κ1) is 23.7. The molecule has 0 spiro atoms. The Morgan fingerprint density at radius 3 is 1.67 bits per heavy atom. The summed E-state index contributed by atoms with van der Waals surface area (Å²) in [7, 11) is 0. The molecule has 0 aliphatic carbocycles. The topological polar surface area (TPSA) is 78.3 Å². The first-order valence-corrected chi connectivity index (χ1v) is 13.3. The summed E-state index contributed by atoms with van der Waals surface area (Å²) in [4.78, 5) is 11.6. The number of hydrogen-bond acceptors (Lipinski definition) is 6. The smallest absolute Gasteiger partial charge is 0.0944 e. The number of nitriles is 2. The van der Waals surface area contributed by atoms with Crippen molar-refractivity contribution in [3.05, 3.63) is 71.1 Å². The maximum atomic E-state index is 9.01. The summed E-state index contributed by atoms with van der Waals surface area (Å²) in [6.07, 6.45) is 8.37. The molecular weight excluding hydrogens is 482 g/mol. The summed E-state index contributed by atoms with van der Waals surface area (Å²) in [5.74, 6) is 0. The van der Waals surface area contributed by atoms with Crippen molar-refractivity contribution in [1.29, 1.82) is 10.5 Å². The molecule has 5 aromatic rings. The summed E-state index contributed by atoms with van der Waals surface area (Å²) < 4.78 is 4.96. The van der Waals surface area contributed by atoms with Crippen molar-refractivity contribution in [2.24, 2.45) is 0 Å². The highest BCUT2D eigenvalue weighted by Crippen LogP contribution is 2.44. The Morgan fingerprint density at radius 2 is 1.31 bits per heavy atom. The molecule has 0 aliphatic rings. The Labute approximate surface area is 217 Å². The Bertz CT molecular complexity index is 1590. The third-order valence-corrected chi connectivity index (χ3v) is 8.31. The molecule has 0 saturated carbocycles. The summed E-state index contributed by atoms with van der Waals surface area (Å²) in [6, 6.07) is 16.9. The fourth-order valence-electron chi connectivity index (χ4n) is 4.17. The van der Waals surface area contributed by atoms with E-state index in [1.54, 1.807) is 36.5 Å². The van der Waals surface area contributed by atoms with Crippen molar-refractivity contribution in [1.82, 2.24) is 14.5 Å². The van der Waals surface area contributed by atoms with Crippen LogP contribution in [0.2, 0.25) is 0 Å². The third kappa shape index (κ3) is 4.47. The van der Waals surface area contributed by atoms with Crippen molar-refractivity contribution >= 4 is 55.3 Å². The zero-order valence-electron chi connectivity index (χ0n) is 20.2. The second-order valence-corrected chi connectivity index (χ2v) is 10.7. The number of aromatic nitrogens is 3. The molecule has 0 bridgehead atoms. The summed E-state index contributed by atoms with van der Waals surface area (Å²) in [5, 5.41) is 18.0. The number of pyridine rings is 2. The molecule has 0 amide bonds. The van der Waals surface area contributed by atoms with Gasteiger partial charge in [-0.25, -0.2) is 0 Å². The van der Waals surface area contributed by atoms with E-state index < -0.39 is 0 Å². The van der Waals surface area contributed by atoms with Crippen molar-refractivity contribution in [2.45, 2.75) is 33.7 Å². The van der Waals surface area contributed by atoms with E-state index in [-0.39, 0.29) is 0 Å². The molecule has 0 aromatic carbocycles. The van der Waals surface area contributed by atoms with Crippen molar-refractivity contribution in [3.63, 3.8) is 0 Å². The lowest BCUT2D eigenvalue weighted by Gasteiger charge is -2.03. The average molecular weight is 506 g/mol. The van der Waals surface area contributed by atoms with Gasteiger partial charge in [-0.1, -0.05) is 19.1 Å². The van der Waals surface area contributed by atoms with E-state index >= 15 is 0 Å². The van der Waals surface area contributed by atoms with Crippen LogP contribution in [0.25, 0.3) is 53.7 Å². The summed E-state index contributed by atoms with van der Waals surface area (Å²) in [5.41, 5.74) is 7.55. The van der Waals surface area contributed by atoms with Crippen LogP contribution in [0.5, 0.6) is 0 Å². The molecule has 5 nitrogen and oxygen atoms in total. The highest BCUT2D eigenvalue weighted by Gasteiger charge is 2.19. The van der Waals surface area contributed by atoms with Gasteiger partial charge in [0.05, 0.1) is 53.7 Å². The fraction of sp³-hybridized carbons (Fsp3) is 0.172. The van der Waals surface area contributed by atoms with Crippen LogP contribution in [-0.2, 0) is 6.54 Å². The number of nitrogens with zero attached hydrogens (tertiary/aromatic N) is 5. The molecule has 176 valence electrons. The number of rotatable bonds is 6. The Balaban J connectivity index is 1.55. The van der Waals surface area contributed by atoms with Gasteiger partial charge in [0, 0.05) is 30.1 Å². The second kappa shape index (κ2) is 9.91. The van der Waals surface area contributed by atoms with Gasteiger partial charge < -0.3 is 4.57 Å². The van der Waals surface area contributed by atoms with E-state index in [1.807, 2.05) is 48.8 Å². The number of thiophene rings is 2. The van der Waals surface area contributed by atoms with Gasteiger partial charge >= 0.3 is 0 Å². The van der Waals surface area contributed by atoms with Gasteiger partial charge in [-0.2, -0.15) is 10.5 Å². The standard InChI is InChI=1S/C29H23N5S2/c1-4-9-34-24-12-26(22-7-5-20(16-32-22)10-18(2)14-30)35-28(24)29-25(34)13-27(36-29)23-8-6-21(17-33-23)11-19(3)15-31/h5-8,10-13,16-17H,4,9H2,1-3H3/b18-10-,19-11-. The van der Waals surface area contributed by atoms with Crippen LogP contribution < -0.4 is 0 Å².